The van der Waals surface area contributed by atoms with Crippen LogP contribution >= 0.6 is 11.6 Å². The standard InChI is InChI=1S/C12H17ClN2/c1-12(2)6-3-4-11(12)15-10-5-7-14-8-9(10)13/h5,7-8,11H,3-4,6H2,1-2H3,(H,14,15). The molecule has 2 nitrogen and oxygen atoms in total. The summed E-state index contributed by atoms with van der Waals surface area (Å²) in [5.74, 6) is 0. The molecule has 0 bridgehead atoms. The zero-order chi connectivity index (χ0) is 10.9. The molecule has 1 atom stereocenters. The van der Waals surface area contributed by atoms with Crippen molar-refractivity contribution in [3.63, 3.8) is 0 Å². The van der Waals surface area contributed by atoms with E-state index in [2.05, 4.69) is 24.1 Å². The van der Waals surface area contributed by atoms with Crippen LogP contribution in [-0.2, 0) is 0 Å². The maximum Gasteiger partial charge on any atom is 0.0820 e. The van der Waals surface area contributed by atoms with E-state index in [0.29, 0.717) is 16.5 Å². The molecule has 1 aromatic heterocycles. The second kappa shape index (κ2) is 4.01. The highest BCUT2D eigenvalue weighted by Gasteiger charge is 2.34. The summed E-state index contributed by atoms with van der Waals surface area (Å²) in [6, 6.07) is 2.47. The van der Waals surface area contributed by atoms with Gasteiger partial charge in [0, 0.05) is 18.4 Å². The molecule has 1 aliphatic rings. The average Bonchev–Trinajstić information content (AvgIpc) is 2.50. The lowest BCUT2D eigenvalue weighted by molar-refractivity contribution is 0.350. The predicted molar refractivity (Wildman–Crippen MR) is 64.3 cm³/mol. The minimum absolute atomic E-state index is 0.368. The first kappa shape index (κ1) is 10.7. The van der Waals surface area contributed by atoms with E-state index in [1.54, 1.807) is 12.4 Å². The Morgan fingerprint density at radius 3 is 2.93 bits per heavy atom. The maximum absolute atomic E-state index is 6.07. The molecule has 1 heterocycles. The molecular weight excluding hydrogens is 208 g/mol. The van der Waals surface area contributed by atoms with Crippen molar-refractivity contribution in [3.05, 3.63) is 23.5 Å². The maximum atomic E-state index is 6.07. The lowest BCUT2D eigenvalue weighted by Gasteiger charge is -2.29. The first-order valence-electron chi connectivity index (χ1n) is 5.46. The van der Waals surface area contributed by atoms with E-state index in [1.807, 2.05) is 6.07 Å². The highest BCUT2D eigenvalue weighted by Crippen LogP contribution is 2.39. The Morgan fingerprint density at radius 1 is 1.53 bits per heavy atom. The molecule has 15 heavy (non-hydrogen) atoms. The van der Waals surface area contributed by atoms with E-state index in [1.165, 1.54) is 19.3 Å². The zero-order valence-corrected chi connectivity index (χ0v) is 10.0. The van der Waals surface area contributed by atoms with E-state index < -0.39 is 0 Å². The smallest absolute Gasteiger partial charge is 0.0820 e. The Morgan fingerprint density at radius 2 is 2.33 bits per heavy atom. The molecular formula is C12H17ClN2. The van der Waals surface area contributed by atoms with Crippen LogP contribution in [0.1, 0.15) is 33.1 Å². The van der Waals surface area contributed by atoms with Crippen molar-refractivity contribution in [3.8, 4) is 0 Å². The van der Waals surface area contributed by atoms with Crippen molar-refractivity contribution in [2.24, 2.45) is 5.41 Å². The largest absolute Gasteiger partial charge is 0.380 e. The number of aromatic nitrogens is 1. The van der Waals surface area contributed by atoms with Crippen LogP contribution < -0.4 is 5.32 Å². The molecule has 1 aliphatic carbocycles. The molecule has 0 amide bonds. The second-order valence-corrected chi connectivity index (χ2v) is 5.34. The van der Waals surface area contributed by atoms with Crippen molar-refractivity contribution >= 4 is 17.3 Å². The van der Waals surface area contributed by atoms with Crippen molar-refractivity contribution in [1.82, 2.24) is 4.98 Å². The quantitative estimate of drug-likeness (QED) is 0.828. The van der Waals surface area contributed by atoms with Gasteiger partial charge in [-0.05, 0) is 24.3 Å². The minimum atomic E-state index is 0.368. The lowest BCUT2D eigenvalue weighted by Crippen LogP contribution is -2.30. The topological polar surface area (TPSA) is 24.9 Å². The Labute approximate surface area is 96.1 Å². The number of hydrogen-bond acceptors (Lipinski definition) is 2. The molecule has 1 aromatic rings. The Hall–Kier alpha value is -0.760. The molecule has 0 radical (unpaired) electrons. The van der Waals surface area contributed by atoms with Crippen LogP contribution in [0, 0.1) is 5.41 Å². The summed E-state index contributed by atoms with van der Waals surface area (Å²) in [7, 11) is 0. The van der Waals surface area contributed by atoms with Gasteiger partial charge in [-0.2, -0.15) is 0 Å². The van der Waals surface area contributed by atoms with Gasteiger partial charge in [0.15, 0.2) is 0 Å². The van der Waals surface area contributed by atoms with Gasteiger partial charge in [0.2, 0.25) is 0 Å². The van der Waals surface area contributed by atoms with Crippen LogP contribution in [0.15, 0.2) is 18.5 Å². The number of nitrogens with one attached hydrogen (secondary N) is 1. The molecule has 2 rings (SSSR count). The lowest BCUT2D eigenvalue weighted by atomic mass is 9.87. The molecule has 0 aromatic carbocycles. The van der Waals surface area contributed by atoms with Crippen molar-refractivity contribution < 1.29 is 0 Å². The van der Waals surface area contributed by atoms with Crippen LogP contribution in [0.3, 0.4) is 0 Å². The SMILES string of the molecule is CC1(C)CCCC1Nc1ccncc1Cl. The second-order valence-electron chi connectivity index (χ2n) is 4.93. The molecule has 0 spiro atoms. The van der Waals surface area contributed by atoms with E-state index in [0.717, 1.165) is 5.69 Å². The third-order valence-electron chi connectivity index (χ3n) is 3.36. The van der Waals surface area contributed by atoms with Gasteiger partial charge in [-0.3, -0.25) is 4.98 Å². The highest BCUT2D eigenvalue weighted by atomic mass is 35.5. The molecule has 82 valence electrons. The number of nitrogens with zero attached hydrogens (tertiary/aromatic N) is 1. The highest BCUT2D eigenvalue weighted by molar-refractivity contribution is 6.33. The Balaban J connectivity index is 2.12. The fourth-order valence-corrected chi connectivity index (χ4v) is 2.45. The third kappa shape index (κ3) is 2.25. The van der Waals surface area contributed by atoms with Gasteiger partial charge in [0.1, 0.15) is 0 Å². The van der Waals surface area contributed by atoms with Gasteiger partial charge in [-0.25, -0.2) is 0 Å². The van der Waals surface area contributed by atoms with Gasteiger partial charge in [0.05, 0.1) is 10.7 Å². The van der Waals surface area contributed by atoms with E-state index in [9.17, 15) is 0 Å². The van der Waals surface area contributed by atoms with Crippen molar-refractivity contribution in [2.75, 3.05) is 5.32 Å². The van der Waals surface area contributed by atoms with E-state index >= 15 is 0 Å². The Kier molecular flexibility index (Phi) is 2.87. The third-order valence-corrected chi connectivity index (χ3v) is 3.66. The van der Waals surface area contributed by atoms with Crippen LogP contribution in [0.25, 0.3) is 0 Å². The first-order valence-corrected chi connectivity index (χ1v) is 5.83. The summed E-state index contributed by atoms with van der Waals surface area (Å²) in [6.45, 7) is 4.62. The summed E-state index contributed by atoms with van der Waals surface area (Å²) < 4.78 is 0. The predicted octanol–water partition coefficient (Wildman–Crippen LogP) is 3.73. The summed E-state index contributed by atoms with van der Waals surface area (Å²) >= 11 is 6.07. The number of pyridine rings is 1. The molecule has 0 aliphatic heterocycles. The zero-order valence-electron chi connectivity index (χ0n) is 9.26. The van der Waals surface area contributed by atoms with Crippen molar-refractivity contribution in [1.29, 1.82) is 0 Å². The van der Waals surface area contributed by atoms with Gasteiger partial charge in [0.25, 0.3) is 0 Å². The minimum Gasteiger partial charge on any atom is -0.380 e. The number of halogens is 1. The average molecular weight is 225 g/mol. The summed E-state index contributed by atoms with van der Waals surface area (Å²) in [5.41, 5.74) is 1.37. The Bertz CT molecular complexity index is 349. The van der Waals surface area contributed by atoms with Crippen LogP contribution in [0.2, 0.25) is 5.02 Å². The molecule has 1 saturated carbocycles. The van der Waals surface area contributed by atoms with Gasteiger partial charge < -0.3 is 5.32 Å². The van der Waals surface area contributed by atoms with Crippen LogP contribution in [-0.4, -0.2) is 11.0 Å². The summed E-state index contributed by atoms with van der Waals surface area (Å²) in [5, 5.41) is 4.24. The molecule has 3 heteroatoms. The molecule has 0 saturated heterocycles. The molecule has 1 N–H and O–H groups in total. The fourth-order valence-electron chi connectivity index (χ4n) is 2.27. The fraction of sp³-hybridized carbons (Fsp3) is 0.583. The van der Waals surface area contributed by atoms with Crippen LogP contribution in [0.4, 0.5) is 5.69 Å². The molecule has 1 unspecified atom stereocenters. The monoisotopic (exact) mass is 224 g/mol. The van der Waals surface area contributed by atoms with Gasteiger partial charge >= 0.3 is 0 Å². The number of hydrogen-bond donors (Lipinski definition) is 1. The van der Waals surface area contributed by atoms with Gasteiger partial charge in [-0.1, -0.05) is 31.9 Å². The first-order chi connectivity index (χ1) is 7.09. The number of rotatable bonds is 2. The van der Waals surface area contributed by atoms with Gasteiger partial charge in [-0.15, -0.1) is 0 Å². The normalized spacial score (nSPS) is 24.1. The van der Waals surface area contributed by atoms with E-state index in [-0.39, 0.29) is 0 Å². The number of anilines is 1. The summed E-state index contributed by atoms with van der Waals surface area (Å²) in [6.07, 6.45) is 7.27. The molecule has 1 fully saturated rings. The van der Waals surface area contributed by atoms with Crippen LogP contribution in [0.5, 0.6) is 0 Å². The summed E-state index contributed by atoms with van der Waals surface area (Å²) in [4.78, 5) is 3.98. The van der Waals surface area contributed by atoms with Crippen molar-refractivity contribution in [2.45, 2.75) is 39.2 Å². The van der Waals surface area contributed by atoms with E-state index in [4.69, 9.17) is 11.6 Å².